The van der Waals surface area contributed by atoms with Gasteiger partial charge < -0.3 is 35.4 Å². The van der Waals surface area contributed by atoms with Crippen LogP contribution in [0.4, 0.5) is 0 Å². The lowest BCUT2D eigenvalue weighted by Gasteiger charge is -2.27. The summed E-state index contributed by atoms with van der Waals surface area (Å²) in [5.41, 5.74) is 0.425. The Morgan fingerprint density at radius 1 is 0.651 bits per heavy atom. The van der Waals surface area contributed by atoms with E-state index in [4.69, 9.17) is 4.74 Å². The number of hydrogen-bond donors (Lipinski definition) is 6. The zero-order chi connectivity index (χ0) is 31.2. The third kappa shape index (κ3) is 5.30. The number of fused-ring (bicyclic) bond motifs is 2. The standard InChI is InChI=1S/C34H32O9/c1-4-5-6-7-22(28-17(3)10-19(36)12-25(28)37)29-27(39)15-24-31(33(29)41)34(42)30-23(32(24)40)13-21(14-26(30)38)43-20-9-16(2)8-18(35)11-20/h8-15,22,35-39,41H,4-7H2,1-3H3/t22-/m0/s1. The van der Waals surface area contributed by atoms with Gasteiger partial charge in [0.25, 0.3) is 0 Å². The summed E-state index contributed by atoms with van der Waals surface area (Å²) in [5.74, 6) is -4.09. The number of phenols is 6. The minimum absolute atomic E-state index is 0.0326. The largest absolute Gasteiger partial charge is 0.508 e. The highest BCUT2D eigenvalue weighted by Gasteiger charge is 2.39. The molecule has 0 saturated heterocycles. The number of phenolic OH excluding ortho intramolecular Hbond substituents is 6. The Kier molecular flexibility index (Phi) is 7.67. The van der Waals surface area contributed by atoms with Gasteiger partial charge >= 0.3 is 0 Å². The smallest absolute Gasteiger partial charge is 0.201 e. The molecule has 9 nitrogen and oxygen atoms in total. The number of unbranched alkanes of at least 4 members (excludes halogenated alkanes) is 2. The van der Waals surface area contributed by atoms with E-state index in [9.17, 15) is 40.2 Å². The van der Waals surface area contributed by atoms with E-state index < -0.39 is 34.7 Å². The Morgan fingerprint density at radius 2 is 1.30 bits per heavy atom. The Balaban J connectivity index is 1.63. The van der Waals surface area contributed by atoms with Crippen molar-refractivity contribution in [2.75, 3.05) is 0 Å². The number of aryl methyl sites for hydroxylation is 2. The number of benzene rings is 4. The second-order valence-corrected chi connectivity index (χ2v) is 11.0. The van der Waals surface area contributed by atoms with Gasteiger partial charge in [-0.15, -0.1) is 0 Å². The van der Waals surface area contributed by atoms with Crippen LogP contribution >= 0.6 is 0 Å². The quantitative estimate of drug-likeness (QED) is 0.107. The summed E-state index contributed by atoms with van der Waals surface area (Å²) in [7, 11) is 0. The topological polar surface area (TPSA) is 165 Å². The van der Waals surface area contributed by atoms with Gasteiger partial charge in [0.2, 0.25) is 5.78 Å². The van der Waals surface area contributed by atoms with Crippen molar-refractivity contribution in [1.82, 2.24) is 0 Å². The van der Waals surface area contributed by atoms with E-state index in [0.29, 0.717) is 29.5 Å². The Hall–Kier alpha value is -5.18. The first-order chi connectivity index (χ1) is 20.4. The van der Waals surface area contributed by atoms with Gasteiger partial charge in [-0.05, 0) is 61.7 Å². The van der Waals surface area contributed by atoms with Crippen LogP contribution in [0.15, 0.2) is 48.5 Å². The SMILES string of the molecule is CCCCC[C@@H](c1c(C)cc(O)cc1O)c1c(O)cc2c(c1O)C(=O)c1c(O)cc(Oc3cc(C)cc(O)c3)cc1C2=O. The fraction of sp³-hybridized carbons (Fsp3) is 0.235. The average Bonchev–Trinajstić information content (AvgIpc) is 2.89. The Labute approximate surface area is 247 Å². The van der Waals surface area contributed by atoms with Crippen molar-refractivity contribution in [3.05, 3.63) is 93.0 Å². The summed E-state index contributed by atoms with van der Waals surface area (Å²) < 4.78 is 5.76. The zero-order valence-corrected chi connectivity index (χ0v) is 23.9. The molecule has 9 heteroatoms. The van der Waals surface area contributed by atoms with Gasteiger partial charge in [0.1, 0.15) is 46.0 Å². The minimum Gasteiger partial charge on any atom is -0.508 e. The molecule has 0 bridgehead atoms. The molecule has 0 fully saturated rings. The van der Waals surface area contributed by atoms with E-state index in [2.05, 4.69) is 0 Å². The maximum Gasteiger partial charge on any atom is 0.201 e. The number of ketones is 2. The minimum atomic E-state index is -0.820. The van der Waals surface area contributed by atoms with Crippen LogP contribution in [-0.4, -0.2) is 42.2 Å². The number of hydrogen-bond acceptors (Lipinski definition) is 9. The van der Waals surface area contributed by atoms with Gasteiger partial charge in [-0.25, -0.2) is 0 Å². The predicted molar refractivity (Wildman–Crippen MR) is 158 cm³/mol. The first-order valence-corrected chi connectivity index (χ1v) is 14.0. The van der Waals surface area contributed by atoms with E-state index >= 15 is 0 Å². The molecule has 0 heterocycles. The van der Waals surface area contributed by atoms with E-state index in [1.807, 2.05) is 6.92 Å². The van der Waals surface area contributed by atoms with Crippen LogP contribution in [0.3, 0.4) is 0 Å². The summed E-state index contributed by atoms with van der Waals surface area (Å²) in [5, 5.41) is 64.3. The number of carbonyl (C=O) groups is 2. The predicted octanol–water partition coefficient (Wildman–Crippen LogP) is 6.82. The van der Waals surface area contributed by atoms with Crippen LogP contribution < -0.4 is 4.74 Å². The molecule has 222 valence electrons. The Morgan fingerprint density at radius 3 is 1.98 bits per heavy atom. The summed E-state index contributed by atoms with van der Waals surface area (Å²) in [6, 6.07) is 10.7. The van der Waals surface area contributed by atoms with Crippen molar-refractivity contribution in [1.29, 1.82) is 0 Å². The van der Waals surface area contributed by atoms with Gasteiger partial charge in [0.05, 0.1) is 11.1 Å². The van der Waals surface area contributed by atoms with Crippen molar-refractivity contribution in [3.63, 3.8) is 0 Å². The van der Waals surface area contributed by atoms with Crippen molar-refractivity contribution in [2.24, 2.45) is 0 Å². The summed E-state index contributed by atoms with van der Waals surface area (Å²) in [6.07, 6.45) is 2.75. The second kappa shape index (κ2) is 11.2. The molecule has 5 rings (SSSR count). The highest BCUT2D eigenvalue weighted by Crippen LogP contribution is 2.50. The molecular weight excluding hydrogens is 552 g/mol. The van der Waals surface area contributed by atoms with Crippen LogP contribution in [0.25, 0.3) is 0 Å². The van der Waals surface area contributed by atoms with E-state index in [-0.39, 0.29) is 56.6 Å². The molecule has 6 N–H and O–H groups in total. The first-order valence-electron chi connectivity index (χ1n) is 14.0. The van der Waals surface area contributed by atoms with Crippen LogP contribution in [0.5, 0.6) is 46.0 Å². The zero-order valence-electron chi connectivity index (χ0n) is 23.9. The van der Waals surface area contributed by atoms with Crippen LogP contribution in [0.1, 0.15) is 92.6 Å². The highest BCUT2D eigenvalue weighted by atomic mass is 16.5. The molecule has 4 aromatic rings. The summed E-state index contributed by atoms with van der Waals surface area (Å²) in [6.45, 7) is 5.44. The van der Waals surface area contributed by atoms with Gasteiger partial charge in [-0.1, -0.05) is 26.2 Å². The maximum absolute atomic E-state index is 13.8. The van der Waals surface area contributed by atoms with Gasteiger partial charge in [-0.3, -0.25) is 9.59 Å². The lowest BCUT2D eigenvalue weighted by Crippen LogP contribution is -2.22. The molecule has 0 unspecified atom stereocenters. The molecule has 43 heavy (non-hydrogen) atoms. The van der Waals surface area contributed by atoms with Crippen molar-refractivity contribution in [2.45, 2.75) is 52.4 Å². The lowest BCUT2D eigenvalue weighted by atomic mass is 9.77. The number of carbonyl (C=O) groups excluding carboxylic acids is 2. The van der Waals surface area contributed by atoms with Gasteiger partial charge in [0.15, 0.2) is 5.78 Å². The van der Waals surface area contributed by atoms with Crippen LogP contribution in [0.2, 0.25) is 0 Å². The Bertz CT molecular complexity index is 1740. The average molecular weight is 585 g/mol. The second-order valence-electron chi connectivity index (χ2n) is 11.0. The third-order valence-electron chi connectivity index (χ3n) is 7.77. The normalized spacial score (nSPS) is 13.0. The number of rotatable bonds is 8. The van der Waals surface area contributed by atoms with Crippen molar-refractivity contribution >= 4 is 11.6 Å². The molecule has 1 aliphatic carbocycles. The monoisotopic (exact) mass is 584 g/mol. The number of ether oxygens (including phenoxy) is 1. The van der Waals surface area contributed by atoms with Crippen molar-refractivity contribution in [3.8, 4) is 46.0 Å². The first kappa shape index (κ1) is 29.3. The lowest BCUT2D eigenvalue weighted by molar-refractivity contribution is 0.0973. The fourth-order valence-corrected chi connectivity index (χ4v) is 5.94. The molecule has 1 aliphatic rings. The molecule has 0 aliphatic heterocycles. The third-order valence-corrected chi connectivity index (χ3v) is 7.77. The molecule has 4 aromatic carbocycles. The fourth-order valence-electron chi connectivity index (χ4n) is 5.94. The molecule has 0 radical (unpaired) electrons. The van der Waals surface area contributed by atoms with Gasteiger partial charge in [0, 0.05) is 46.4 Å². The van der Waals surface area contributed by atoms with E-state index in [1.165, 1.54) is 30.3 Å². The van der Waals surface area contributed by atoms with Crippen LogP contribution in [0, 0.1) is 13.8 Å². The molecule has 0 saturated carbocycles. The van der Waals surface area contributed by atoms with Crippen molar-refractivity contribution < 1.29 is 45.0 Å². The van der Waals surface area contributed by atoms with E-state index in [0.717, 1.165) is 25.0 Å². The van der Waals surface area contributed by atoms with Gasteiger partial charge in [-0.2, -0.15) is 0 Å². The molecule has 0 aromatic heterocycles. The summed E-state index contributed by atoms with van der Waals surface area (Å²) in [4.78, 5) is 27.5. The maximum atomic E-state index is 13.8. The summed E-state index contributed by atoms with van der Waals surface area (Å²) >= 11 is 0. The number of aromatic hydroxyl groups is 6. The molecule has 1 atom stereocenters. The molecular formula is C34H32O9. The molecule has 0 spiro atoms. The highest BCUT2D eigenvalue weighted by molar-refractivity contribution is 6.30. The van der Waals surface area contributed by atoms with E-state index in [1.54, 1.807) is 19.9 Å². The van der Waals surface area contributed by atoms with Crippen LogP contribution in [-0.2, 0) is 0 Å². The molecule has 0 amide bonds.